The predicted octanol–water partition coefficient (Wildman–Crippen LogP) is 5.55. The van der Waals surface area contributed by atoms with Crippen molar-refractivity contribution in [2.75, 3.05) is 33.2 Å². The van der Waals surface area contributed by atoms with Crippen LogP contribution in [0.4, 0.5) is 0 Å². The Morgan fingerprint density at radius 1 is 1.11 bits per heavy atom. The van der Waals surface area contributed by atoms with Gasteiger partial charge in [-0.2, -0.15) is 5.10 Å². The molecule has 0 unspecified atom stereocenters. The summed E-state index contributed by atoms with van der Waals surface area (Å²) in [4.78, 5) is 15.8. The Morgan fingerprint density at radius 2 is 1.83 bits per heavy atom. The van der Waals surface area contributed by atoms with Gasteiger partial charge in [0.25, 0.3) is 5.91 Å². The quantitative estimate of drug-likeness (QED) is 0.427. The molecule has 11 heteroatoms. The molecule has 186 valence electrons. The van der Waals surface area contributed by atoms with Crippen molar-refractivity contribution in [3.8, 4) is 22.7 Å². The second-order valence-electron chi connectivity index (χ2n) is 9.06. The highest BCUT2D eigenvalue weighted by atomic mass is 79.9. The number of hydrazine groups is 1. The van der Waals surface area contributed by atoms with E-state index in [0.717, 1.165) is 41.9 Å². The first-order valence-electron chi connectivity index (χ1n) is 11.0. The van der Waals surface area contributed by atoms with Gasteiger partial charge in [-0.15, -0.1) is 12.4 Å². The van der Waals surface area contributed by atoms with Crippen molar-refractivity contribution in [3.05, 3.63) is 62.2 Å². The van der Waals surface area contributed by atoms with E-state index in [-0.39, 0.29) is 18.3 Å². The van der Waals surface area contributed by atoms with E-state index in [2.05, 4.69) is 33.3 Å². The zero-order valence-corrected chi connectivity index (χ0v) is 23.4. The summed E-state index contributed by atoms with van der Waals surface area (Å²) in [6.07, 6.45) is 0. The normalized spacial score (nSPS) is 17.1. The van der Waals surface area contributed by atoms with Gasteiger partial charge >= 0.3 is 0 Å². The van der Waals surface area contributed by atoms with Crippen molar-refractivity contribution in [2.24, 2.45) is 0 Å². The standard InChI is InChI=1S/C24H24BrCl2N5O2.ClH/c1-24(2)20-21(23(33)29-31-10-8-30(3)9-11-31)28-32(18-7-5-15(26)13-17(18)27)22(20)16-6-4-14(25)12-19(16)34-24;/h4-7,12-13H,8-11H2,1-3H3,(H,29,33);1H. The van der Waals surface area contributed by atoms with Gasteiger partial charge in [-0.25, -0.2) is 9.69 Å². The molecule has 0 aliphatic carbocycles. The summed E-state index contributed by atoms with van der Waals surface area (Å²) in [7, 11) is 2.07. The van der Waals surface area contributed by atoms with E-state index in [9.17, 15) is 4.79 Å². The van der Waals surface area contributed by atoms with Crippen LogP contribution < -0.4 is 10.2 Å². The number of hydrogen-bond acceptors (Lipinski definition) is 5. The lowest BCUT2D eigenvalue weighted by molar-refractivity contribution is 0.0640. The molecule has 1 amide bonds. The fourth-order valence-electron chi connectivity index (χ4n) is 4.44. The highest BCUT2D eigenvalue weighted by Crippen LogP contribution is 2.48. The van der Waals surface area contributed by atoms with Crippen molar-refractivity contribution in [1.29, 1.82) is 0 Å². The third-order valence-electron chi connectivity index (χ3n) is 6.17. The van der Waals surface area contributed by atoms with E-state index in [1.54, 1.807) is 22.9 Å². The van der Waals surface area contributed by atoms with E-state index in [0.29, 0.717) is 32.7 Å². The molecular weight excluding hydrogens is 577 g/mol. The van der Waals surface area contributed by atoms with Crippen LogP contribution in [0.1, 0.15) is 29.9 Å². The first-order chi connectivity index (χ1) is 16.1. The zero-order chi connectivity index (χ0) is 24.2. The molecule has 1 N–H and O–H groups in total. The SMILES string of the molecule is CN1CCN(NC(=O)c2nn(-c3ccc(Cl)cc3Cl)c3c2C(C)(C)Oc2cc(Br)ccc2-3)CC1.Cl. The number of amides is 1. The van der Waals surface area contributed by atoms with Crippen molar-refractivity contribution in [2.45, 2.75) is 19.4 Å². The number of rotatable bonds is 3. The number of carbonyl (C=O) groups excluding carboxylic acids is 1. The molecule has 1 aromatic heterocycles. The third-order valence-corrected chi connectivity index (χ3v) is 7.20. The first kappa shape index (κ1) is 26.3. The molecule has 2 aliphatic rings. The van der Waals surface area contributed by atoms with Gasteiger partial charge in [-0.1, -0.05) is 39.1 Å². The number of hydrogen-bond donors (Lipinski definition) is 1. The lowest BCUT2D eigenvalue weighted by Gasteiger charge is -2.34. The molecule has 0 saturated carbocycles. The second kappa shape index (κ2) is 9.92. The Balaban J connectivity index is 0.00000289. The fraction of sp³-hybridized carbons (Fsp3) is 0.333. The topological polar surface area (TPSA) is 62.6 Å². The summed E-state index contributed by atoms with van der Waals surface area (Å²) in [6.45, 7) is 7.12. The van der Waals surface area contributed by atoms with E-state index in [1.165, 1.54) is 0 Å². The van der Waals surface area contributed by atoms with Crippen LogP contribution in [-0.4, -0.2) is 58.8 Å². The lowest BCUT2D eigenvalue weighted by atomic mass is 9.89. The van der Waals surface area contributed by atoms with Crippen LogP contribution in [0.15, 0.2) is 40.9 Å². The van der Waals surface area contributed by atoms with Crippen molar-refractivity contribution in [1.82, 2.24) is 25.1 Å². The smallest absolute Gasteiger partial charge is 0.286 e. The predicted molar refractivity (Wildman–Crippen MR) is 144 cm³/mol. The highest BCUT2D eigenvalue weighted by molar-refractivity contribution is 9.10. The van der Waals surface area contributed by atoms with Crippen LogP contribution in [0.2, 0.25) is 10.0 Å². The number of fused-ring (bicyclic) bond motifs is 3. The van der Waals surface area contributed by atoms with Gasteiger partial charge in [-0.05, 0) is 57.3 Å². The summed E-state index contributed by atoms with van der Waals surface area (Å²) in [6, 6.07) is 11.1. The first-order valence-corrected chi connectivity index (χ1v) is 12.5. The van der Waals surface area contributed by atoms with Gasteiger partial charge in [0, 0.05) is 41.2 Å². The number of nitrogens with one attached hydrogen (secondary N) is 1. The number of benzene rings is 2. The maximum absolute atomic E-state index is 13.5. The summed E-state index contributed by atoms with van der Waals surface area (Å²) >= 11 is 16.3. The van der Waals surface area contributed by atoms with Crippen LogP contribution in [-0.2, 0) is 5.60 Å². The van der Waals surface area contributed by atoms with E-state index in [1.807, 2.05) is 37.1 Å². The number of halogens is 4. The molecule has 0 spiro atoms. The minimum absolute atomic E-state index is 0. The fourth-order valence-corrected chi connectivity index (χ4v) is 5.27. The number of nitrogens with zero attached hydrogens (tertiary/aromatic N) is 4. The molecule has 0 atom stereocenters. The van der Waals surface area contributed by atoms with E-state index in [4.69, 9.17) is 33.0 Å². The van der Waals surface area contributed by atoms with Gasteiger partial charge in [-0.3, -0.25) is 10.2 Å². The number of likely N-dealkylation sites (N-methyl/N-ethyl adjacent to an activating group) is 1. The number of aromatic nitrogens is 2. The molecule has 35 heavy (non-hydrogen) atoms. The Kier molecular flexibility index (Phi) is 7.44. The van der Waals surface area contributed by atoms with Crippen molar-refractivity contribution < 1.29 is 9.53 Å². The van der Waals surface area contributed by atoms with Gasteiger partial charge in [0.1, 0.15) is 11.4 Å². The largest absolute Gasteiger partial charge is 0.482 e. The maximum atomic E-state index is 13.5. The summed E-state index contributed by atoms with van der Waals surface area (Å²) < 4.78 is 9.01. The van der Waals surface area contributed by atoms with Gasteiger partial charge in [0.2, 0.25) is 0 Å². The Hall–Kier alpha value is -1.81. The zero-order valence-electron chi connectivity index (χ0n) is 19.4. The molecule has 2 aliphatic heterocycles. The third kappa shape index (κ3) is 4.92. The molecule has 1 saturated heterocycles. The summed E-state index contributed by atoms with van der Waals surface area (Å²) in [5.74, 6) is 0.422. The van der Waals surface area contributed by atoms with Crippen LogP contribution in [0, 0.1) is 0 Å². The van der Waals surface area contributed by atoms with Crippen LogP contribution in [0.25, 0.3) is 16.9 Å². The molecule has 3 aromatic rings. The van der Waals surface area contributed by atoms with Crippen LogP contribution in [0.5, 0.6) is 5.75 Å². The van der Waals surface area contributed by atoms with E-state index < -0.39 is 5.60 Å². The minimum Gasteiger partial charge on any atom is -0.482 e. The molecule has 2 aromatic carbocycles. The van der Waals surface area contributed by atoms with Crippen LogP contribution in [0.3, 0.4) is 0 Å². The van der Waals surface area contributed by atoms with Gasteiger partial charge in [0.15, 0.2) is 5.69 Å². The summed E-state index contributed by atoms with van der Waals surface area (Å²) in [5, 5.41) is 7.69. The van der Waals surface area contributed by atoms with Gasteiger partial charge < -0.3 is 9.64 Å². The lowest BCUT2D eigenvalue weighted by Crippen LogP contribution is -2.52. The average Bonchev–Trinajstić information content (AvgIpc) is 3.17. The molecule has 0 bridgehead atoms. The molecule has 1 fully saturated rings. The minimum atomic E-state index is -0.810. The molecule has 0 radical (unpaired) electrons. The Labute approximate surface area is 228 Å². The van der Waals surface area contributed by atoms with Gasteiger partial charge in [0.05, 0.1) is 22.0 Å². The monoisotopic (exact) mass is 599 g/mol. The molecular formula is C24H25BrCl3N5O2. The highest BCUT2D eigenvalue weighted by Gasteiger charge is 2.41. The van der Waals surface area contributed by atoms with E-state index >= 15 is 0 Å². The molecule has 5 rings (SSSR count). The van der Waals surface area contributed by atoms with Crippen molar-refractivity contribution >= 4 is 57.4 Å². The average molecular weight is 602 g/mol. The Morgan fingerprint density at radius 3 is 2.51 bits per heavy atom. The molecule has 3 heterocycles. The Bertz CT molecular complexity index is 1290. The maximum Gasteiger partial charge on any atom is 0.286 e. The number of ether oxygens (including phenoxy) is 1. The summed E-state index contributed by atoms with van der Waals surface area (Å²) in [5.41, 5.74) is 5.47. The van der Waals surface area contributed by atoms with Crippen molar-refractivity contribution in [3.63, 3.8) is 0 Å². The number of carbonyl (C=O) groups is 1. The van der Waals surface area contributed by atoms with Crippen LogP contribution >= 0.6 is 51.5 Å². The second-order valence-corrected chi connectivity index (χ2v) is 10.8. The number of piperazine rings is 1. The molecule has 7 nitrogen and oxygen atoms in total.